The first-order valence-electron chi connectivity index (χ1n) is 10.8. The molecule has 1 aliphatic carbocycles. The van der Waals surface area contributed by atoms with Crippen LogP contribution in [-0.4, -0.2) is 58.1 Å². The fraction of sp³-hybridized carbons (Fsp3) is 0.545. The molecule has 160 valence electrons. The van der Waals surface area contributed by atoms with Crippen LogP contribution >= 0.6 is 0 Å². The van der Waals surface area contributed by atoms with E-state index in [9.17, 15) is 9.90 Å². The molecule has 3 heterocycles. The van der Waals surface area contributed by atoms with Gasteiger partial charge in [-0.05, 0) is 18.4 Å². The Morgan fingerprint density at radius 2 is 1.90 bits per heavy atom. The molecule has 3 aliphatic rings. The summed E-state index contributed by atoms with van der Waals surface area (Å²) in [6.45, 7) is 0.333. The number of aliphatic hydroxyl groups excluding tert-OH is 1. The summed E-state index contributed by atoms with van der Waals surface area (Å²) < 4.78 is 13.4. The zero-order chi connectivity index (χ0) is 20.5. The van der Waals surface area contributed by atoms with Gasteiger partial charge in [-0.25, -0.2) is 4.79 Å². The van der Waals surface area contributed by atoms with Gasteiger partial charge in [-0.1, -0.05) is 49.6 Å². The number of carbonyl (C=O) groups is 1. The largest absolute Gasteiger partial charge is 0.388 e. The molecule has 1 aromatic heterocycles. The number of rotatable bonds is 4. The summed E-state index contributed by atoms with van der Waals surface area (Å²) in [5.41, 5.74) is 1.99. The zero-order valence-electron chi connectivity index (χ0n) is 16.8. The molecule has 3 N–H and O–H groups in total. The average Bonchev–Trinajstić information content (AvgIpc) is 3.42. The van der Waals surface area contributed by atoms with Crippen molar-refractivity contribution in [3.63, 3.8) is 0 Å². The lowest BCUT2D eigenvalue weighted by Crippen LogP contribution is -2.61. The van der Waals surface area contributed by atoms with Gasteiger partial charge in [0.1, 0.15) is 18.2 Å². The minimum atomic E-state index is -0.878. The molecule has 5 unspecified atom stereocenters. The van der Waals surface area contributed by atoms with Crippen molar-refractivity contribution < 1.29 is 19.4 Å². The standard InChI is InChI=1S/C22H28N4O4/c27-20-18(25-22(28)24-16-9-5-2-6-10-16)17-13-29-21(30-17)19(20)26-12-15(11-23-26)14-7-3-1-4-8-14/h1,3-4,7-8,11-12,16-21,27H,2,5-6,9-10,13H2,(H2,24,25,28). The second kappa shape index (κ2) is 8.37. The Balaban J connectivity index is 1.30. The van der Waals surface area contributed by atoms with E-state index in [2.05, 4.69) is 15.7 Å². The molecule has 2 aromatic rings. The maximum absolute atomic E-state index is 12.6. The minimum Gasteiger partial charge on any atom is -0.388 e. The third-order valence-electron chi connectivity index (χ3n) is 6.38. The average molecular weight is 412 g/mol. The van der Waals surface area contributed by atoms with E-state index in [1.807, 2.05) is 36.5 Å². The van der Waals surface area contributed by atoms with Gasteiger partial charge < -0.3 is 25.2 Å². The number of benzene rings is 1. The van der Waals surface area contributed by atoms with Crippen LogP contribution in [0.2, 0.25) is 0 Å². The topological polar surface area (TPSA) is 97.6 Å². The number of hydrogen-bond donors (Lipinski definition) is 3. The molecule has 0 spiro atoms. The Bertz CT molecular complexity index is 867. The molecule has 1 saturated carbocycles. The van der Waals surface area contributed by atoms with Crippen LogP contribution in [0.4, 0.5) is 4.79 Å². The molecule has 2 aliphatic heterocycles. The monoisotopic (exact) mass is 412 g/mol. The molecule has 5 atom stereocenters. The highest BCUT2D eigenvalue weighted by molar-refractivity contribution is 5.74. The Labute approximate surface area is 175 Å². The van der Waals surface area contributed by atoms with Crippen molar-refractivity contribution in [1.82, 2.24) is 20.4 Å². The predicted octanol–water partition coefficient (Wildman–Crippen LogP) is 2.21. The lowest BCUT2D eigenvalue weighted by molar-refractivity contribution is -0.166. The molecule has 1 aromatic carbocycles. The molecule has 2 bridgehead atoms. The molecular weight excluding hydrogens is 384 g/mol. The molecule has 5 rings (SSSR count). The Hall–Kier alpha value is -2.42. The SMILES string of the molecule is O=C(NC1CCCCC1)NC1C2COC(O2)C(n2cc(-c3ccccc3)cn2)C1O. The van der Waals surface area contributed by atoms with Crippen molar-refractivity contribution in [2.75, 3.05) is 6.61 Å². The third-order valence-corrected chi connectivity index (χ3v) is 6.38. The number of hydrogen-bond acceptors (Lipinski definition) is 5. The predicted molar refractivity (Wildman–Crippen MR) is 110 cm³/mol. The molecule has 2 saturated heterocycles. The van der Waals surface area contributed by atoms with Crippen LogP contribution in [0.5, 0.6) is 0 Å². The van der Waals surface area contributed by atoms with Crippen LogP contribution in [-0.2, 0) is 9.47 Å². The quantitative estimate of drug-likeness (QED) is 0.715. The maximum Gasteiger partial charge on any atom is 0.315 e. The van der Waals surface area contributed by atoms with Crippen molar-refractivity contribution in [2.24, 2.45) is 0 Å². The van der Waals surface area contributed by atoms with Crippen LogP contribution in [0, 0.1) is 0 Å². The summed E-state index contributed by atoms with van der Waals surface area (Å²) in [7, 11) is 0. The number of aliphatic hydroxyl groups is 1. The summed E-state index contributed by atoms with van der Waals surface area (Å²) in [5, 5.41) is 21.6. The highest BCUT2D eigenvalue weighted by atomic mass is 16.7. The molecule has 3 fully saturated rings. The van der Waals surface area contributed by atoms with E-state index in [0.29, 0.717) is 6.61 Å². The van der Waals surface area contributed by atoms with E-state index in [1.54, 1.807) is 10.9 Å². The molecule has 8 heteroatoms. The van der Waals surface area contributed by atoms with E-state index < -0.39 is 24.5 Å². The van der Waals surface area contributed by atoms with E-state index in [-0.39, 0.29) is 18.2 Å². The molecular formula is C22H28N4O4. The van der Waals surface area contributed by atoms with Crippen molar-refractivity contribution in [3.8, 4) is 11.1 Å². The lowest BCUT2D eigenvalue weighted by Gasteiger charge is -2.38. The number of fused-ring (bicyclic) bond motifs is 2. The molecule has 30 heavy (non-hydrogen) atoms. The van der Waals surface area contributed by atoms with Gasteiger partial charge in [0.05, 0.1) is 18.8 Å². The number of urea groups is 1. The Morgan fingerprint density at radius 3 is 2.70 bits per heavy atom. The molecule has 8 nitrogen and oxygen atoms in total. The second-order valence-corrected chi connectivity index (χ2v) is 8.41. The van der Waals surface area contributed by atoms with Crippen LogP contribution in [0.15, 0.2) is 42.7 Å². The number of aromatic nitrogens is 2. The van der Waals surface area contributed by atoms with Gasteiger partial charge in [-0.2, -0.15) is 5.10 Å². The molecule has 0 radical (unpaired) electrons. The van der Waals surface area contributed by atoms with Crippen molar-refractivity contribution >= 4 is 6.03 Å². The van der Waals surface area contributed by atoms with Crippen LogP contribution in [0.3, 0.4) is 0 Å². The second-order valence-electron chi connectivity index (χ2n) is 8.41. The van der Waals surface area contributed by atoms with Gasteiger partial charge >= 0.3 is 6.03 Å². The van der Waals surface area contributed by atoms with E-state index in [4.69, 9.17) is 9.47 Å². The van der Waals surface area contributed by atoms with Gasteiger partial charge in [-0.3, -0.25) is 4.68 Å². The van der Waals surface area contributed by atoms with Gasteiger partial charge in [0, 0.05) is 17.8 Å². The number of amides is 2. The van der Waals surface area contributed by atoms with E-state index >= 15 is 0 Å². The van der Waals surface area contributed by atoms with Crippen molar-refractivity contribution in [3.05, 3.63) is 42.7 Å². The van der Waals surface area contributed by atoms with Gasteiger partial charge in [-0.15, -0.1) is 0 Å². The summed E-state index contributed by atoms with van der Waals surface area (Å²) in [6, 6.07) is 8.76. The highest BCUT2D eigenvalue weighted by Crippen LogP contribution is 2.36. The fourth-order valence-corrected chi connectivity index (χ4v) is 4.77. The van der Waals surface area contributed by atoms with Crippen LogP contribution < -0.4 is 10.6 Å². The molecule has 2 amide bonds. The number of carbonyl (C=O) groups excluding carboxylic acids is 1. The smallest absolute Gasteiger partial charge is 0.315 e. The highest BCUT2D eigenvalue weighted by Gasteiger charge is 2.52. The minimum absolute atomic E-state index is 0.198. The Kier molecular flexibility index (Phi) is 5.45. The third kappa shape index (κ3) is 3.82. The van der Waals surface area contributed by atoms with Crippen LogP contribution in [0.25, 0.3) is 11.1 Å². The van der Waals surface area contributed by atoms with Gasteiger partial charge in [0.2, 0.25) is 0 Å². The summed E-state index contributed by atoms with van der Waals surface area (Å²) >= 11 is 0. The maximum atomic E-state index is 12.6. The number of ether oxygens (including phenoxy) is 2. The van der Waals surface area contributed by atoms with Gasteiger partial charge in [0.25, 0.3) is 0 Å². The summed E-state index contributed by atoms with van der Waals surface area (Å²) in [5.74, 6) is 0. The normalized spacial score (nSPS) is 31.4. The number of nitrogens with zero attached hydrogens (tertiary/aromatic N) is 2. The first-order chi connectivity index (χ1) is 14.7. The lowest BCUT2D eigenvalue weighted by atomic mass is 9.95. The number of nitrogens with one attached hydrogen (secondary N) is 2. The first-order valence-corrected chi connectivity index (χ1v) is 10.8. The van der Waals surface area contributed by atoms with E-state index in [1.165, 1.54) is 6.42 Å². The zero-order valence-corrected chi connectivity index (χ0v) is 16.8. The Morgan fingerprint density at radius 1 is 1.10 bits per heavy atom. The summed E-state index contributed by atoms with van der Waals surface area (Å²) in [4.78, 5) is 12.6. The first kappa shape index (κ1) is 19.5. The van der Waals surface area contributed by atoms with Crippen LogP contribution in [0.1, 0.15) is 38.1 Å². The van der Waals surface area contributed by atoms with Crippen molar-refractivity contribution in [2.45, 2.75) is 68.7 Å². The summed E-state index contributed by atoms with van der Waals surface area (Å²) in [6.07, 6.45) is 7.33. The van der Waals surface area contributed by atoms with Crippen molar-refractivity contribution in [1.29, 1.82) is 0 Å². The van der Waals surface area contributed by atoms with Gasteiger partial charge in [0.15, 0.2) is 6.29 Å². The van der Waals surface area contributed by atoms with E-state index in [0.717, 1.165) is 36.8 Å². The fourth-order valence-electron chi connectivity index (χ4n) is 4.77.